The van der Waals surface area contributed by atoms with Gasteiger partial charge in [-0.3, -0.25) is 4.72 Å². The van der Waals surface area contributed by atoms with Crippen LogP contribution in [0.5, 0.6) is 0 Å². The number of nitrogens with zero attached hydrogens (tertiary/aromatic N) is 2. The number of carboxylic acids is 2. The lowest BCUT2D eigenvalue weighted by Gasteiger charge is -2.41. The van der Waals surface area contributed by atoms with E-state index in [-0.39, 0.29) is 21.6 Å². The number of carbonyl (C=O) groups is 2. The van der Waals surface area contributed by atoms with Crippen LogP contribution in [0.3, 0.4) is 0 Å². The summed E-state index contributed by atoms with van der Waals surface area (Å²) in [5.41, 5.74) is 1.97. The van der Waals surface area contributed by atoms with E-state index in [2.05, 4.69) is 35.3 Å². The number of sulfonamides is 1. The number of aliphatic carboxylic acids is 1. The molecule has 0 saturated carbocycles. The third-order valence-corrected chi connectivity index (χ3v) is 8.86. The smallest absolute Gasteiger partial charge is 0.478 e. The number of piperidine rings is 2. The second-order valence-corrected chi connectivity index (χ2v) is 13.2. The van der Waals surface area contributed by atoms with Crippen molar-refractivity contribution in [2.45, 2.75) is 75.4 Å². The molecular formula is C29H38F3N3O6S. The van der Waals surface area contributed by atoms with Gasteiger partial charge >= 0.3 is 18.1 Å². The second kappa shape index (κ2) is 13.3. The maximum absolute atomic E-state index is 12.9. The first-order chi connectivity index (χ1) is 19.5. The van der Waals surface area contributed by atoms with Crippen molar-refractivity contribution in [3.63, 3.8) is 0 Å². The van der Waals surface area contributed by atoms with Gasteiger partial charge in [0.25, 0.3) is 10.0 Å². The summed E-state index contributed by atoms with van der Waals surface area (Å²) in [4.78, 5) is 25.8. The molecule has 13 heteroatoms. The summed E-state index contributed by atoms with van der Waals surface area (Å²) in [6.07, 6.45) is 0.786. The fourth-order valence-electron chi connectivity index (χ4n) is 5.15. The van der Waals surface area contributed by atoms with Crippen molar-refractivity contribution < 1.29 is 41.4 Å². The average molecular weight is 614 g/mol. The van der Waals surface area contributed by atoms with Crippen LogP contribution in [0.4, 0.5) is 24.5 Å². The van der Waals surface area contributed by atoms with Crippen molar-refractivity contribution in [2.75, 3.05) is 35.8 Å². The van der Waals surface area contributed by atoms with Crippen molar-refractivity contribution in [2.24, 2.45) is 0 Å². The number of hydrogen-bond acceptors (Lipinski definition) is 6. The van der Waals surface area contributed by atoms with Gasteiger partial charge in [0, 0.05) is 24.8 Å². The van der Waals surface area contributed by atoms with E-state index in [1.165, 1.54) is 38.4 Å². The molecule has 0 aromatic heterocycles. The molecule has 42 heavy (non-hydrogen) atoms. The van der Waals surface area contributed by atoms with Crippen LogP contribution in [0.2, 0.25) is 0 Å². The summed E-state index contributed by atoms with van der Waals surface area (Å²) in [5.74, 6) is -3.82. The largest absolute Gasteiger partial charge is 0.490 e. The van der Waals surface area contributed by atoms with Gasteiger partial charge < -0.3 is 20.0 Å². The normalized spacial score (nSPS) is 17.2. The Morgan fingerprint density at radius 3 is 1.90 bits per heavy atom. The van der Waals surface area contributed by atoms with Gasteiger partial charge in [-0.2, -0.15) is 13.2 Å². The quantitative estimate of drug-likeness (QED) is 0.386. The summed E-state index contributed by atoms with van der Waals surface area (Å²) < 4.78 is 60.2. The Kier molecular flexibility index (Phi) is 10.5. The lowest BCUT2D eigenvalue weighted by atomic mass is 9.87. The van der Waals surface area contributed by atoms with Crippen LogP contribution in [0.25, 0.3) is 0 Å². The first-order valence-electron chi connectivity index (χ1n) is 13.8. The van der Waals surface area contributed by atoms with Crippen LogP contribution in [-0.2, 0) is 20.2 Å². The molecule has 2 heterocycles. The molecule has 0 unspecified atom stereocenters. The molecule has 0 atom stereocenters. The Morgan fingerprint density at radius 2 is 1.43 bits per heavy atom. The maximum atomic E-state index is 12.9. The number of nitrogens with one attached hydrogen (secondary N) is 1. The van der Waals surface area contributed by atoms with E-state index in [0.717, 1.165) is 31.5 Å². The number of carboxylic acid groups (broad SMARTS) is 2. The van der Waals surface area contributed by atoms with Gasteiger partial charge in [0.05, 0.1) is 16.1 Å². The minimum absolute atomic E-state index is 0.0792. The van der Waals surface area contributed by atoms with E-state index in [1.54, 1.807) is 24.3 Å². The monoisotopic (exact) mass is 613 g/mol. The first-order valence-corrected chi connectivity index (χ1v) is 15.3. The van der Waals surface area contributed by atoms with Gasteiger partial charge in [0.2, 0.25) is 0 Å². The highest BCUT2D eigenvalue weighted by atomic mass is 32.2. The van der Waals surface area contributed by atoms with Crippen LogP contribution in [-0.4, -0.2) is 73.9 Å². The van der Waals surface area contributed by atoms with Crippen LogP contribution >= 0.6 is 0 Å². The molecule has 2 aromatic carbocycles. The molecule has 0 amide bonds. The molecule has 2 aliphatic rings. The lowest BCUT2D eigenvalue weighted by molar-refractivity contribution is -0.192. The molecule has 2 fully saturated rings. The van der Waals surface area contributed by atoms with Crippen molar-refractivity contribution >= 4 is 33.3 Å². The number of halogens is 3. The molecule has 2 saturated heterocycles. The Bertz CT molecular complexity index is 1340. The Balaban J connectivity index is 0.000000616. The Labute approximate surface area is 244 Å². The fourth-order valence-corrected chi connectivity index (χ4v) is 6.20. The SMILES string of the molecule is CC(C)(C)c1ccc(S(=O)(=O)Nc2ccc(N3CCC(N4CCCCC4)CC3)c(C(=O)O)c2)cc1.O=C(O)C(F)(F)F. The zero-order valence-electron chi connectivity index (χ0n) is 23.9. The zero-order chi connectivity index (χ0) is 31.3. The first kappa shape index (κ1) is 33.2. The molecule has 0 radical (unpaired) electrons. The summed E-state index contributed by atoms with van der Waals surface area (Å²) in [6, 6.07) is 12.2. The van der Waals surface area contributed by atoms with Gasteiger partial charge in [-0.05, 0) is 80.1 Å². The van der Waals surface area contributed by atoms with E-state index < -0.39 is 28.1 Å². The van der Waals surface area contributed by atoms with Gasteiger partial charge in [-0.15, -0.1) is 0 Å². The van der Waals surface area contributed by atoms with Gasteiger partial charge in [-0.25, -0.2) is 18.0 Å². The highest BCUT2D eigenvalue weighted by molar-refractivity contribution is 7.92. The second-order valence-electron chi connectivity index (χ2n) is 11.5. The molecule has 4 rings (SSSR count). The predicted octanol–water partition coefficient (Wildman–Crippen LogP) is 5.57. The van der Waals surface area contributed by atoms with Gasteiger partial charge in [0.15, 0.2) is 0 Å². The predicted molar refractivity (Wildman–Crippen MR) is 154 cm³/mol. The number of rotatable bonds is 6. The molecular weight excluding hydrogens is 575 g/mol. The molecule has 0 aliphatic carbocycles. The molecule has 2 aromatic rings. The minimum Gasteiger partial charge on any atom is -0.478 e. The third-order valence-electron chi connectivity index (χ3n) is 7.46. The Morgan fingerprint density at radius 1 is 0.881 bits per heavy atom. The molecule has 9 nitrogen and oxygen atoms in total. The summed E-state index contributed by atoms with van der Waals surface area (Å²) >= 11 is 0. The van der Waals surface area contributed by atoms with Crippen molar-refractivity contribution in [3.05, 3.63) is 53.6 Å². The van der Waals surface area contributed by atoms with Crippen LogP contribution in [0.15, 0.2) is 47.4 Å². The highest BCUT2D eigenvalue weighted by Crippen LogP contribution is 2.30. The van der Waals surface area contributed by atoms with Gasteiger partial charge in [-0.1, -0.05) is 39.3 Å². The molecule has 232 valence electrons. The topological polar surface area (TPSA) is 127 Å². The summed E-state index contributed by atoms with van der Waals surface area (Å²) in [7, 11) is -3.84. The molecule has 2 aliphatic heterocycles. The number of alkyl halides is 3. The van der Waals surface area contributed by atoms with Crippen molar-refractivity contribution in [1.29, 1.82) is 0 Å². The maximum Gasteiger partial charge on any atom is 0.490 e. The standard InChI is InChI=1S/C27H37N3O4S.C2HF3O2/c1-27(2,3)20-7-10-23(11-8-20)35(33,34)28-21-9-12-25(24(19-21)26(31)32)30-17-13-22(14-18-30)29-15-5-4-6-16-29;3-2(4,5)1(6)7/h7-12,19,22,28H,4-6,13-18H2,1-3H3,(H,31,32);(H,6,7). The third kappa shape index (κ3) is 8.84. The number of aromatic carboxylic acids is 1. The molecule has 3 N–H and O–H groups in total. The van der Waals surface area contributed by atoms with E-state index in [4.69, 9.17) is 9.90 Å². The lowest BCUT2D eigenvalue weighted by Crippen LogP contribution is -2.47. The average Bonchev–Trinajstić information content (AvgIpc) is 2.93. The van der Waals surface area contributed by atoms with Crippen LogP contribution in [0, 0.1) is 0 Å². The number of anilines is 2. The highest BCUT2D eigenvalue weighted by Gasteiger charge is 2.38. The van der Waals surface area contributed by atoms with E-state index in [1.807, 2.05) is 12.1 Å². The van der Waals surface area contributed by atoms with Crippen molar-refractivity contribution in [3.8, 4) is 0 Å². The van der Waals surface area contributed by atoms with Crippen LogP contribution in [0.1, 0.15) is 68.8 Å². The minimum atomic E-state index is -5.08. The van der Waals surface area contributed by atoms with Gasteiger partial charge in [0.1, 0.15) is 0 Å². The molecule has 0 spiro atoms. The zero-order valence-corrected chi connectivity index (χ0v) is 24.8. The summed E-state index contributed by atoms with van der Waals surface area (Å²) in [5, 5.41) is 17.0. The Hall–Kier alpha value is -3.32. The number of likely N-dealkylation sites (tertiary alicyclic amines) is 1. The summed E-state index contributed by atoms with van der Waals surface area (Å²) in [6.45, 7) is 10.1. The van der Waals surface area contributed by atoms with Crippen molar-refractivity contribution in [1.82, 2.24) is 4.90 Å². The van der Waals surface area contributed by atoms with E-state index in [0.29, 0.717) is 11.7 Å². The van der Waals surface area contributed by atoms with Crippen LogP contribution < -0.4 is 9.62 Å². The van der Waals surface area contributed by atoms with E-state index >= 15 is 0 Å². The fraction of sp³-hybridized carbons (Fsp3) is 0.517. The molecule has 0 bridgehead atoms. The number of hydrogen-bond donors (Lipinski definition) is 3. The number of benzene rings is 2. The van der Waals surface area contributed by atoms with E-state index in [9.17, 15) is 31.5 Å².